The zero-order valence-electron chi connectivity index (χ0n) is 10.4. The van der Waals surface area contributed by atoms with E-state index in [9.17, 15) is 4.79 Å². The number of aryl methyl sites for hydroxylation is 1. The van der Waals surface area contributed by atoms with Gasteiger partial charge in [0.2, 0.25) is 0 Å². The van der Waals surface area contributed by atoms with Crippen LogP contribution in [0.15, 0.2) is 0 Å². The predicted molar refractivity (Wildman–Crippen MR) is 69.0 cm³/mol. The number of thiazole rings is 1. The summed E-state index contributed by atoms with van der Waals surface area (Å²) in [6.07, 6.45) is 1.83. The van der Waals surface area contributed by atoms with E-state index in [0.29, 0.717) is 29.0 Å². The number of aromatic nitrogens is 1. The first-order valence-electron chi connectivity index (χ1n) is 6.02. The minimum Gasteiger partial charge on any atom is -0.477 e. The van der Waals surface area contributed by atoms with E-state index in [1.807, 2.05) is 6.92 Å². The van der Waals surface area contributed by atoms with Gasteiger partial charge < -0.3 is 10.0 Å². The summed E-state index contributed by atoms with van der Waals surface area (Å²) < 4.78 is 0. The summed E-state index contributed by atoms with van der Waals surface area (Å²) in [5.41, 5.74) is 0.712. The van der Waals surface area contributed by atoms with Gasteiger partial charge in [-0.2, -0.15) is 0 Å². The standard InChI is InChI=1S/C12H18N2O2S/c1-4-9-10(11(15)16)17-12(13-9)14-6-7(2)5-8(14)3/h7-8H,4-6H2,1-3H3,(H,15,16). The van der Waals surface area contributed by atoms with E-state index in [4.69, 9.17) is 5.11 Å². The Balaban J connectivity index is 2.30. The molecule has 1 aromatic heterocycles. The fraction of sp³-hybridized carbons (Fsp3) is 0.667. The van der Waals surface area contributed by atoms with E-state index in [1.54, 1.807) is 0 Å². The van der Waals surface area contributed by atoms with Crippen molar-refractivity contribution in [3.63, 3.8) is 0 Å². The Kier molecular flexibility index (Phi) is 3.38. The fourth-order valence-corrected chi connectivity index (χ4v) is 3.54. The van der Waals surface area contributed by atoms with Crippen LogP contribution < -0.4 is 4.90 Å². The van der Waals surface area contributed by atoms with Gasteiger partial charge in [0.1, 0.15) is 4.88 Å². The van der Waals surface area contributed by atoms with Crippen LogP contribution in [0.25, 0.3) is 0 Å². The van der Waals surface area contributed by atoms with Crippen LogP contribution in [0.5, 0.6) is 0 Å². The maximum Gasteiger partial charge on any atom is 0.347 e. The predicted octanol–water partition coefficient (Wildman–Crippen LogP) is 2.64. The van der Waals surface area contributed by atoms with E-state index in [-0.39, 0.29) is 0 Å². The van der Waals surface area contributed by atoms with Gasteiger partial charge in [-0.1, -0.05) is 25.2 Å². The van der Waals surface area contributed by atoms with Crippen LogP contribution in [0.2, 0.25) is 0 Å². The maximum absolute atomic E-state index is 11.1. The van der Waals surface area contributed by atoms with Crippen LogP contribution >= 0.6 is 11.3 Å². The quantitative estimate of drug-likeness (QED) is 0.901. The second-order valence-corrected chi connectivity index (χ2v) is 5.75. The molecule has 4 nitrogen and oxygen atoms in total. The Morgan fingerprint density at radius 3 is 2.71 bits per heavy atom. The third-order valence-corrected chi connectivity index (χ3v) is 4.37. The van der Waals surface area contributed by atoms with Gasteiger partial charge in [0.15, 0.2) is 5.13 Å². The summed E-state index contributed by atoms with van der Waals surface area (Å²) in [5, 5.41) is 9.99. The lowest BCUT2D eigenvalue weighted by molar-refractivity contribution is 0.0701. The zero-order valence-corrected chi connectivity index (χ0v) is 11.3. The highest BCUT2D eigenvalue weighted by Gasteiger charge is 2.29. The van der Waals surface area contributed by atoms with Crippen molar-refractivity contribution in [2.24, 2.45) is 5.92 Å². The normalized spacial score (nSPS) is 24.3. The largest absolute Gasteiger partial charge is 0.477 e. The summed E-state index contributed by atoms with van der Waals surface area (Å²) in [5.74, 6) is -0.197. The third-order valence-electron chi connectivity index (χ3n) is 3.24. The molecule has 94 valence electrons. The highest BCUT2D eigenvalue weighted by atomic mass is 32.1. The van der Waals surface area contributed by atoms with E-state index < -0.39 is 5.97 Å². The van der Waals surface area contributed by atoms with E-state index >= 15 is 0 Å². The third kappa shape index (κ3) is 2.29. The first kappa shape index (κ1) is 12.4. The Hall–Kier alpha value is -1.10. The van der Waals surface area contributed by atoms with Gasteiger partial charge >= 0.3 is 5.97 Å². The molecule has 0 bridgehead atoms. The molecular weight excluding hydrogens is 236 g/mol. The van der Waals surface area contributed by atoms with Crippen molar-refractivity contribution in [2.45, 2.75) is 39.7 Å². The van der Waals surface area contributed by atoms with Crippen LogP contribution in [0, 0.1) is 5.92 Å². The summed E-state index contributed by atoms with van der Waals surface area (Å²) in [4.78, 5) is 18.2. The molecule has 2 rings (SSSR count). The van der Waals surface area contributed by atoms with Gasteiger partial charge in [-0.15, -0.1) is 0 Å². The van der Waals surface area contributed by atoms with Crippen molar-refractivity contribution in [1.29, 1.82) is 0 Å². The average Bonchev–Trinajstić information content (AvgIpc) is 2.81. The van der Waals surface area contributed by atoms with Crippen LogP contribution in [-0.4, -0.2) is 28.6 Å². The zero-order chi connectivity index (χ0) is 12.6. The molecule has 2 heterocycles. The highest BCUT2D eigenvalue weighted by molar-refractivity contribution is 7.17. The SMILES string of the molecule is CCc1nc(N2CC(C)CC2C)sc1C(=O)O. The lowest BCUT2D eigenvalue weighted by Crippen LogP contribution is -2.26. The molecule has 5 heteroatoms. The highest BCUT2D eigenvalue weighted by Crippen LogP contribution is 2.33. The van der Waals surface area contributed by atoms with Gasteiger partial charge in [0.25, 0.3) is 0 Å². The molecule has 0 spiro atoms. The molecule has 1 saturated heterocycles. The average molecular weight is 254 g/mol. The van der Waals surface area contributed by atoms with E-state index in [1.165, 1.54) is 11.3 Å². The second-order valence-electron chi connectivity index (χ2n) is 4.77. The van der Waals surface area contributed by atoms with Crippen LogP contribution in [0.3, 0.4) is 0 Å². The molecule has 1 aromatic rings. The van der Waals surface area contributed by atoms with Gasteiger partial charge in [-0.3, -0.25) is 0 Å². The summed E-state index contributed by atoms with van der Waals surface area (Å²) in [7, 11) is 0. The molecular formula is C12H18N2O2S. The lowest BCUT2D eigenvalue weighted by atomic mass is 10.1. The van der Waals surface area contributed by atoms with Gasteiger partial charge in [-0.05, 0) is 25.7 Å². The molecule has 2 atom stereocenters. The monoisotopic (exact) mass is 254 g/mol. The first-order valence-corrected chi connectivity index (χ1v) is 6.84. The van der Waals surface area contributed by atoms with Crippen molar-refractivity contribution < 1.29 is 9.90 Å². The van der Waals surface area contributed by atoms with Crippen LogP contribution in [0.1, 0.15) is 42.6 Å². The lowest BCUT2D eigenvalue weighted by Gasteiger charge is -2.19. The Bertz CT molecular complexity index is 430. The number of rotatable bonds is 3. The molecule has 0 saturated carbocycles. The minimum absolute atomic E-state index is 0.397. The molecule has 0 aliphatic carbocycles. The number of carbonyl (C=O) groups is 1. The summed E-state index contributed by atoms with van der Waals surface area (Å²) in [6.45, 7) is 7.33. The Morgan fingerprint density at radius 1 is 1.59 bits per heavy atom. The van der Waals surface area contributed by atoms with Crippen molar-refractivity contribution >= 4 is 22.4 Å². The Morgan fingerprint density at radius 2 is 2.29 bits per heavy atom. The molecule has 0 amide bonds. The van der Waals surface area contributed by atoms with E-state index in [2.05, 4.69) is 23.7 Å². The van der Waals surface area contributed by atoms with Crippen LogP contribution in [-0.2, 0) is 6.42 Å². The number of carboxylic acid groups (broad SMARTS) is 1. The van der Waals surface area contributed by atoms with E-state index in [0.717, 1.165) is 18.1 Å². The van der Waals surface area contributed by atoms with Gasteiger partial charge in [-0.25, -0.2) is 9.78 Å². The molecule has 0 radical (unpaired) electrons. The maximum atomic E-state index is 11.1. The number of hydrogen-bond acceptors (Lipinski definition) is 4. The van der Waals surface area contributed by atoms with Crippen molar-refractivity contribution in [2.75, 3.05) is 11.4 Å². The molecule has 1 aliphatic heterocycles. The number of aromatic carboxylic acids is 1. The van der Waals surface area contributed by atoms with Crippen LogP contribution in [0.4, 0.5) is 5.13 Å². The topological polar surface area (TPSA) is 53.4 Å². The molecule has 2 unspecified atom stereocenters. The van der Waals surface area contributed by atoms with Crippen molar-refractivity contribution in [1.82, 2.24) is 4.98 Å². The fourth-order valence-electron chi connectivity index (χ4n) is 2.44. The molecule has 17 heavy (non-hydrogen) atoms. The molecule has 0 aromatic carbocycles. The number of nitrogens with zero attached hydrogens (tertiary/aromatic N) is 2. The molecule has 1 fully saturated rings. The minimum atomic E-state index is -0.856. The van der Waals surface area contributed by atoms with Gasteiger partial charge in [0.05, 0.1) is 5.69 Å². The van der Waals surface area contributed by atoms with Crippen molar-refractivity contribution in [3.05, 3.63) is 10.6 Å². The first-order chi connectivity index (χ1) is 8.02. The van der Waals surface area contributed by atoms with Gasteiger partial charge in [0, 0.05) is 12.6 Å². The van der Waals surface area contributed by atoms with Crippen molar-refractivity contribution in [3.8, 4) is 0 Å². The number of hydrogen-bond donors (Lipinski definition) is 1. The molecule has 1 N–H and O–H groups in total. The summed E-state index contributed by atoms with van der Waals surface area (Å²) in [6, 6.07) is 0.461. The summed E-state index contributed by atoms with van der Waals surface area (Å²) >= 11 is 1.31. The number of carboxylic acids is 1. The molecule has 1 aliphatic rings. The second kappa shape index (κ2) is 4.64. The smallest absolute Gasteiger partial charge is 0.347 e. The Labute approximate surface area is 105 Å². The number of anilines is 1.